The number of primary amides is 1. The number of nitrogens with two attached hydrogens (primary N) is 1. The molecule has 0 aromatic heterocycles. The molecule has 0 aliphatic carbocycles. The first-order chi connectivity index (χ1) is 9.88. The largest absolute Gasteiger partial charge is 0.368 e. The Balaban J connectivity index is 2.99. The van der Waals surface area contributed by atoms with E-state index in [9.17, 15) is 14.4 Å². The van der Waals surface area contributed by atoms with Crippen molar-refractivity contribution in [1.82, 2.24) is 5.32 Å². The van der Waals surface area contributed by atoms with Crippen LogP contribution in [0.4, 0.5) is 0 Å². The summed E-state index contributed by atoms with van der Waals surface area (Å²) in [6.07, 6.45) is 0.713. The van der Waals surface area contributed by atoms with E-state index in [0.717, 1.165) is 0 Å². The van der Waals surface area contributed by atoms with Crippen LogP contribution in [0.3, 0.4) is 0 Å². The smallest absolute Gasteiger partial charge is 0.234 e. The molecule has 1 amide bonds. The third-order valence-electron chi connectivity index (χ3n) is 3.59. The van der Waals surface area contributed by atoms with Crippen LogP contribution in [0, 0.1) is 5.92 Å². The Labute approximate surface area is 124 Å². The first kappa shape index (κ1) is 17.0. The van der Waals surface area contributed by atoms with Gasteiger partial charge in [-0.25, -0.2) is 0 Å². The van der Waals surface area contributed by atoms with Crippen molar-refractivity contribution in [3.63, 3.8) is 0 Å². The van der Waals surface area contributed by atoms with E-state index >= 15 is 0 Å². The summed E-state index contributed by atoms with van der Waals surface area (Å²) >= 11 is 0. The summed E-state index contributed by atoms with van der Waals surface area (Å²) in [6, 6.07) is 6.76. The fourth-order valence-electron chi connectivity index (χ4n) is 2.09. The summed E-state index contributed by atoms with van der Waals surface area (Å²) in [5.41, 5.74) is 5.80. The van der Waals surface area contributed by atoms with Crippen LogP contribution in [0.25, 0.3) is 0 Å². The van der Waals surface area contributed by atoms with Gasteiger partial charge in [0.1, 0.15) is 6.04 Å². The number of Topliss-reactive ketones (excluding diaryl/α,β-unsaturated/α-hetero) is 2. The highest BCUT2D eigenvalue weighted by atomic mass is 16.2. The average molecular weight is 290 g/mol. The number of benzene rings is 1. The second-order valence-electron chi connectivity index (χ2n) is 5.21. The van der Waals surface area contributed by atoms with E-state index in [0.29, 0.717) is 12.0 Å². The molecule has 0 spiro atoms. The van der Waals surface area contributed by atoms with E-state index in [-0.39, 0.29) is 17.5 Å². The van der Waals surface area contributed by atoms with E-state index in [1.54, 1.807) is 30.3 Å². The lowest BCUT2D eigenvalue weighted by atomic mass is 9.94. The van der Waals surface area contributed by atoms with Gasteiger partial charge in [0, 0.05) is 5.56 Å². The molecule has 5 nitrogen and oxygen atoms in total. The Hall–Kier alpha value is -2.01. The first-order valence-electron chi connectivity index (χ1n) is 7.03. The molecule has 0 aliphatic heterocycles. The Morgan fingerprint density at radius 1 is 1.19 bits per heavy atom. The minimum absolute atomic E-state index is 0.0621. The zero-order valence-electron chi connectivity index (χ0n) is 12.6. The minimum Gasteiger partial charge on any atom is -0.368 e. The molecule has 0 saturated carbocycles. The zero-order chi connectivity index (χ0) is 16.0. The topological polar surface area (TPSA) is 89.3 Å². The van der Waals surface area contributed by atoms with Gasteiger partial charge in [0.05, 0.1) is 6.04 Å². The fourth-order valence-corrected chi connectivity index (χ4v) is 2.09. The highest BCUT2D eigenvalue weighted by Crippen LogP contribution is 2.11. The molecule has 114 valence electrons. The molecule has 1 aromatic carbocycles. The lowest BCUT2D eigenvalue weighted by Crippen LogP contribution is -2.54. The molecule has 0 aliphatic rings. The van der Waals surface area contributed by atoms with Gasteiger partial charge >= 0.3 is 0 Å². The molecule has 0 fully saturated rings. The summed E-state index contributed by atoms with van der Waals surface area (Å²) in [5.74, 6) is -1.31. The minimum atomic E-state index is -1.06. The Kier molecular flexibility index (Phi) is 6.24. The molecule has 1 aromatic rings. The number of nitrogens with one attached hydrogen (secondary N) is 1. The summed E-state index contributed by atoms with van der Waals surface area (Å²) in [5, 5.41) is 2.83. The van der Waals surface area contributed by atoms with E-state index in [4.69, 9.17) is 5.73 Å². The zero-order valence-corrected chi connectivity index (χ0v) is 12.6. The van der Waals surface area contributed by atoms with Crippen molar-refractivity contribution >= 4 is 17.5 Å². The highest BCUT2D eigenvalue weighted by molar-refractivity contribution is 6.13. The number of rotatable bonds is 8. The first-order valence-corrected chi connectivity index (χ1v) is 7.03. The Morgan fingerprint density at radius 3 is 2.19 bits per heavy atom. The van der Waals surface area contributed by atoms with Crippen LogP contribution in [0.15, 0.2) is 30.3 Å². The van der Waals surface area contributed by atoms with Crippen LogP contribution in [-0.2, 0) is 9.59 Å². The van der Waals surface area contributed by atoms with Crippen molar-refractivity contribution in [2.45, 2.75) is 39.3 Å². The quantitative estimate of drug-likeness (QED) is 0.558. The summed E-state index contributed by atoms with van der Waals surface area (Å²) in [6.45, 7) is 5.10. The van der Waals surface area contributed by atoms with E-state index in [1.807, 2.05) is 13.8 Å². The number of hydrogen-bond acceptors (Lipinski definition) is 4. The maximum Gasteiger partial charge on any atom is 0.234 e. The van der Waals surface area contributed by atoms with Gasteiger partial charge in [-0.1, -0.05) is 50.6 Å². The molecule has 1 rings (SSSR count). The SMILES string of the molecule is CCC(C)C(NC(C(C)=O)C(=O)c1ccccc1)C(N)=O. The van der Waals surface area contributed by atoms with Crippen LogP contribution >= 0.6 is 0 Å². The molecular weight excluding hydrogens is 268 g/mol. The maximum atomic E-state index is 12.4. The van der Waals surface area contributed by atoms with Crippen LogP contribution in [0.2, 0.25) is 0 Å². The number of carbonyl (C=O) groups excluding carboxylic acids is 3. The molecule has 21 heavy (non-hydrogen) atoms. The number of amides is 1. The lowest BCUT2D eigenvalue weighted by molar-refractivity contribution is -0.122. The second-order valence-corrected chi connectivity index (χ2v) is 5.21. The normalized spacial score (nSPS) is 15.0. The molecule has 0 bridgehead atoms. The molecular formula is C16H22N2O3. The number of hydrogen-bond donors (Lipinski definition) is 2. The van der Waals surface area contributed by atoms with Crippen LogP contribution in [-0.4, -0.2) is 29.6 Å². The molecule has 0 radical (unpaired) electrons. The molecule has 0 heterocycles. The molecule has 0 saturated heterocycles. The van der Waals surface area contributed by atoms with Gasteiger partial charge in [0.15, 0.2) is 11.6 Å². The predicted molar refractivity (Wildman–Crippen MR) is 80.8 cm³/mol. The van der Waals surface area contributed by atoms with Crippen molar-refractivity contribution in [2.24, 2.45) is 11.7 Å². The van der Waals surface area contributed by atoms with Crippen LogP contribution < -0.4 is 11.1 Å². The van der Waals surface area contributed by atoms with Crippen molar-refractivity contribution in [3.05, 3.63) is 35.9 Å². The lowest BCUT2D eigenvalue weighted by Gasteiger charge is -2.25. The molecule has 3 unspecified atom stereocenters. The van der Waals surface area contributed by atoms with Gasteiger partial charge in [-0.05, 0) is 12.8 Å². The number of carbonyl (C=O) groups is 3. The van der Waals surface area contributed by atoms with E-state index < -0.39 is 18.0 Å². The van der Waals surface area contributed by atoms with Gasteiger partial charge < -0.3 is 5.73 Å². The monoisotopic (exact) mass is 290 g/mol. The van der Waals surface area contributed by atoms with Gasteiger partial charge in [-0.2, -0.15) is 0 Å². The molecule has 3 N–H and O–H groups in total. The second kappa shape index (κ2) is 7.69. The third-order valence-corrected chi connectivity index (χ3v) is 3.59. The van der Waals surface area contributed by atoms with E-state index in [1.165, 1.54) is 6.92 Å². The Bertz CT molecular complexity index is 514. The summed E-state index contributed by atoms with van der Waals surface area (Å²) in [4.78, 5) is 35.8. The van der Waals surface area contributed by atoms with Gasteiger partial charge in [0.25, 0.3) is 0 Å². The Morgan fingerprint density at radius 2 is 1.76 bits per heavy atom. The maximum absolute atomic E-state index is 12.4. The standard InChI is InChI=1S/C16H22N2O3/c1-4-10(2)13(16(17)21)18-14(11(3)19)15(20)12-8-6-5-7-9-12/h5-10,13-14,18H,4H2,1-3H3,(H2,17,21). The fraction of sp³-hybridized carbons (Fsp3) is 0.438. The summed E-state index contributed by atoms with van der Waals surface area (Å²) < 4.78 is 0. The van der Waals surface area contributed by atoms with Crippen LogP contribution in [0.1, 0.15) is 37.6 Å². The van der Waals surface area contributed by atoms with E-state index in [2.05, 4.69) is 5.32 Å². The van der Waals surface area contributed by atoms with Crippen LogP contribution in [0.5, 0.6) is 0 Å². The van der Waals surface area contributed by atoms with Crippen molar-refractivity contribution < 1.29 is 14.4 Å². The third kappa shape index (κ3) is 4.49. The van der Waals surface area contributed by atoms with Gasteiger partial charge in [-0.3, -0.25) is 19.7 Å². The molecule has 3 atom stereocenters. The van der Waals surface area contributed by atoms with Crippen molar-refractivity contribution in [2.75, 3.05) is 0 Å². The predicted octanol–water partition coefficient (Wildman–Crippen LogP) is 1.32. The summed E-state index contributed by atoms with van der Waals surface area (Å²) in [7, 11) is 0. The highest BCUT2D eigenvalue weighted by Gasteiger charge is 2.31. The van der Waals surface area contributed by atoms with Gasteiger partial charge in [-0.15, -0.1) is 0 Å². The average Bonchev–Trinajstić information content (AvgIpc) is 2.47. The van der Waals surface area contributed by atoms with Gasteiger partial charge in [0.2, 0.25) is 5.91 Å². The van der Waals surface area contributed by atoms with Crippen molar-refractivity contribution in [3.8, 4) is 0 Å². The number of ketones is 2. The molecule has 5 heteroatoms. The van der Waals surface area contributed by atoms with Crippen molar-refractivity contribution in [1.29, 1.82) is 0 Å².